The molecule has 0 radical (unpaired) electrons. The van der Waals surface area contributed by atoms with Crippen molar-refractivity contribution in [3.8, 4) is 0 Å². The number of aldehydes is 2. The van der Waals surface area contributed by atoms with Crippen molar-refractivity contribution < 1.29 is 23.9 Å². The van der Waals surface area contributed by atoms with E-state index in [0.29, 0.717) is 12.6 Å². The van der Waals surface area contributed by atoms with Crippen molar-refractivity contribution in [3.63, 3.8) is 0 Å². The predicted octanol–water partition coefficient (Wildman–Crippen LogP) is 0.277. The molecule has 0 aliphatic heterocycles. The Morgan fingerprint density at radius 2 is 2.13 bits per heavy atom. The Morgan fingerprint density at radius 1 is 1.47 bits per heavy atom. The number of hydrogen-bond acceptors (Lipinski definition) is 5. The molecule has 0 aliphatic rings. The number of carbonyl (C=O) groups excluding carboxylic acids is 3. The SMILES string of the molecule is C=CC(=O)OCC(C)OC(C=O)CC=O. The van der Waals surface area contributed by atoms with E-state index < -0.39 is 18.2 Å². The number of carbonyl (C=O) groups is 3. The van der Waals surface area contributed by atoms with Gasteiger partial charge in [-0.3, -0.25) is 0 Å². The van der Waals surface area contributed by atoms with Crippen molar-refractivity contribution >= 4 is 18.5 Å². The second-order valence-corrected chi connectivity index (χ2v) is 2.86. The Balaban J connectivity index is 3.84. The first kappa shape index (κ1) is 13.5. The smallest absolute Gasteiger partial charge is 0.330 e. The lowest BCUT2D eigenvalue weighted by Gasteiger charge is -2.16. The van der Waals surface area contributed by atoms with Gasteiger partial charge >= 0.3 is 5.97 Å². The van der Waals surface area contributed by atoms with Crippen LogP contribution in [0.1, 0.15) is 13.3 Å². The van der Waals surface area contributed by atoms with Gasteiger partial charge in [0.05, 0.1) is 6.10 Å². The summed E-state index contributed by atoms with van der Waals surface area (Å²) in [5.74, 6) is -0.552. The Bertz CT molecular complexity index is 236. The molecule has 0 N–H and O–H groups in total. The van der Waals surface area contributed by atoms with Crippen LogP contribution >= 0.6 is 0 Å². The average molecular weight is 214 g/mol. The van der Waals surface area contributed by atoms with E-state index in [2.05, 4.69) is 6.58 Å². The van der Waals surface area contributed by atoms with Crippen molar-refractivity contribution in [1.82, 2.24) is 0 Å². The minimum atomic E-state index is -0.778. The van der Waals surface area contributed by atoms with Crippen molar-refractivity contribution in [2.75, 3.05) is 6.61 Å². The maximum absolute atomic E-state index is 10.7. The molecule has 15 heavy (non-hydrogen) atoms. The molecule has 2 unspecified atom stereocenters. The van der Waals surface area contributed by atoms with Gasteiger partial charge in [-0.2, -0.15) is 0 Å². The molecule has 0 amide bonds. The van der Waals surface area contributed by atoms with Gasteiger partial charge < -0.3 is 19.1 Å². The van der Waals surface area contributed by atoms with Crippen LogP contribution in [0.2, 0.25) is 0 Å². The Morgan fingerprint density at radius 3 is 2.60 bits per heavy atom. The number of rotatable bonds is 8. The van der Waals surface area contributed by atoms with Gasteiger partial charge in [-0.05, 0) is 6.92 Å². The summed E-state index contributed by atoms with van der Waals surface area (Å²) in [4.78, 5) is 31.2. The molecule has 84 valence electrons. The third kappa shape index (κ3) is 6.56. The fourth-order valence-electron chi connectivity index (χ4n) is 0.834. The standard InChI is InChI=1S/C10H14O5/c1-3-10(13)14-7-8(2)15-9(6-12)4-5-11/h3,5-6,8-9H,1,4,7H2,2H3. The van der Waals surface area contributed by atoms with Gasteiger partial charge in [0.2, 0.25) is 0 Å². The first-order valence-corrected chi connectivity index (χ1v) is 4.47. The van der Waals surface area contributed by atoms with Crippen molar-refractivity contribution in [2.45, 2.75) is 25.6 Å². The van der Waals surface area contributed by atoms with Crippen LogP contribution in [0.4, 0.5) is 0 Å². The molecule has 0 spiro atoms. The Hall–Kier alpha value is -1.49. The van der Waals surface area contributed by atoms with Crippen LogP contribution in [0.25, 0.3) is 0 Å². The Labute approximate surface area is 88.0 Å². The van der Waals surface area contributed by atoms with Crippen molar-refractivity contribution in [3.05, 3.63) is 12.7 Å². The summed E-state index contributed by atoms with van der Waals surface area (Å²) in [5, 5.41) is 0. The van der Waals surface area contributed by atoms with Gasteiger partial charge in [-0.1, -0.05) is 6.58 Å². The second kappa shape index (κ2) is 7.87. The normalized spacial score (nSPS) is 13.7. The highest BCUT2D eigenvalue weighted by Crippen LogP contribution is 2.00. The lowest BCUT2D eigenvalue weighted by molar-refractivity contribution is -0.144. The second-order valence-electron chi connectivity index (χ2n) is 2.86. The van der Waals surface area contributed by atoms with Gasteiger partial charge in [-0.15, -0.1) is 0 Å². The van der Waals surface area contributed by atoms with Gasteiger partial charge in [0.25, 0.3) is 0 Å². The lowest BCUT2D eigenvalue weighted by Crippen LogP contribution is -2.26. The molecule has 0 fully saturated rings. The van der Waals surface area contributed by atoms with Crippen molar-refractivity contribution in [2.24, 2.45) is 0 Å². The molecule has 0 heterocycles. The van der Waals surface area contributed by atoms with Gasteiger partial charge in [0.1, 0.15) is 25.3 Å². The van der Waals surface area contributed by atoms with Gasteiger partial charge in [-0.25, -0.2) is 4.79 Å². The maximum Gasteiger partial charge on any atom is 0.330 e. The van der Waals surface area contributed by atoms with Crippen LogP contribution in [0.5, 0.6) is 0 Å². The highest BCUT2D eigenvalue weighted by Gasteiger charge is 2.13. The summed E-state index contributed by atoms with van der Waals surface area (Å²) in [5.41, 5.74) is 0. The van der Waals surface area contributed by atoms with Gasteiger partial charge in [0.15, 0.2) is 0 Å². The minimum absolute atomic E-state index is 0.00322. The molecular formula is C10H14O5. The minimum Gasteiger partial charge on any atom is -0.460 e. The molecule has 2 atom stereocenters. The summed E-state index contributed by atoms with van der Waals surface area (Å²) < 4.78 is 9.81. The number of ether oxygens (including phenoxy) is 2. The molecule has 0 aliphatic carbocycles. The quantitative estimate of drug-likeness (QED) is 0.329. The fraction of sp³-hybridized carbons (Fsp3) is 0.500. The molecule has 0 bridgehead atoms. The van der Waals surface area contributed by atoms with Crippen LogP contribution in [-0.4, -0.2) is 37.4 Å². The molecule has 0 saturated heterocycles. The zero-order valence-electron chi connectivity index (χ0n) is 8.55. The molecule has 5 nitrogen and oxygen atoms in total. The van der Waals surface area contributed by atoms with Crippen LogP contribution < -0.4 is 0 Å². The molecular weight excluding hydrogens is 200 g/mol. The van der Waals surface area contributed by atoms with E-state index in [0.717, 1.165) is 6.08 Å². The topological polar surface area (TPSA) is 69.7 Å². The summed E-state index contributed by atoms with van der Waals surface area (Å²) >= 11 is 0. The number of esters is 1. The van der Waals surface area contributed by atoms with Crippen LogP contribution in [-0.2, 0) is 23.9 Å². The molecule has 0 aromatic heterocycles. The zero-order valence-corrected chi connectivity index (χ0v) is 8.55. The maximum atomic E-state index is 10.7. The van der Waals surface area contributed by atoms with E-state index in [4.69, 9.17) is 9.47 Å². The first-order chi connectivity index (χ1) is 7.13. The largest absolute Gasteiger partial charge is 0.460 e. The zero-order chi connectivity index (χ0) is 11.7. The van der Waals surface area contributed by atoms with Crippen LogP contribution in [0, 0.1) is 0 Å². The highest BCUT2D eigenvalue weighted by atomic mass is 16.6. The third-order valence-corrected chi connectivity index (χ3v) is 1.51. The van der Waals surface area contributed by atoms with Gasteiger partial charge in [0, 0.05) is 12.5 Å². The number of hydrogen-bond donors (Lipinski definition) is 0. The average Bonchev–Trinajstić information content (AvgIpc) is 2.25. The predicted molar refractivity (Wildman–Crippen MR) is 52.2 cm³/mol. The van der Waals surface area contributed by atoms with Crippen LogP contribution in [0.3, 0.4) is 0 Å². The lowest BCUT2D eigenvalue weighted by atomic mass is 10.3. The summed E-state index contributed by atoms with van der Waals surface area (Å²) in [6, 6.07) is 0. The van der Waals surface area contributed by atoms with E-state index in [1.165, 1.54) is 0 Å². The molecule has 0 rings (SSSR count). The molecule has 0 aromatic rings. The highest BCUT2D eigenvalue weighted by molar-refractivity contribution is 5.81. The molecule has 0 aromatic carbocycles. The fourth-order valence-corrected chi connectivity index (χ4v) is 0.834. The van der Waals surface area contributed by atoms with Crippen molar-refractivity contribution in [1.29, 1.82) is 0 Å². The summed E-state index contributed by atoms with van der Waals surface area (Å²) in [7, 11) is 0. The van der Waals surface area contributed by atoms with E-state index >= 15 is 0 Å². The first-order valence-electron chi connectivity index (χ1n) is 4.47. The van der Waals surface area contributed by atoms with E-state index in [1.54, 1.807) is 6.92 Å². The van der Waals surface area contributed by atoms with E-state index in [-0.39, 0.29) is 13.0 Å². The molecule has 5 heteroatoms. The van der Waals surface area contributed by atoms with E-state index in [1.807, 2.05) is 0 Å². The third-order valence-electron chi connectivity index (χ3n) is 1.51. The summed E-state index contributed by atoms with van der Waals surface area (Å²) in [6.45, 7) is 4.89. The molecule has 0 saturated carbocycles. The van der Waals surface area contributed by atoms with Crippen LogP contribution in [0.15, 0.2) is 12.7 Å². The summed E-state index contributed by atoms with van der Waals surface area (Å²) in [6.07, 6.45) is 0.962. The Kier molecular flexibility index (Phi) is 7.09. The monoisotopic (exact) mass is 214 g/mol. The van der Waals surface area contributed by atoms with E-state index in [9.17, 15) is 14.4 Å².